The molecule has 1 heterocycles. The van der Waals surface area contributed by atoms with Crippen LogP contribution in [0.4, 0.5) is 4.39 Å². The van der Waals surface area contributed by atoms with Crippen molar-refractivity contribution in [3.05, 3.63) is 59.7 Å². The Balaban J connectivity index is 1.97. The molecule has 0 unspecified atom stereocenters. The predicted octanol–water partition coefficient (Wildman–Crippen LogP) is 2.19. The van der Waals surface area contributed by atoms with E-state index in [1.54, 1.807) is 12.3 Å². The fraction of sp³-hybridized carbons (Fsp3) is 0.188. The highest BCUT2D eigenvalue weighted by molar-refractivity contribution is 5.40. The van der Waals surface area contributed by atoms with Crippen molar-refractivity contribution < 1.29 is 14.2 Å². The minimum absolute atomic E-state index is 0.258. The average Bonchev–Trinajstić information content (AvgIpc) is 2.46. The monoisotopic (exact) mass is 271 g/mol. The van der Waals surface area contributed by atoms with E-state index in [0.29, 0.717) is 24.3 Å². The Morgan fingerprint density at radius 1 is 1.25 bits per heavy atom. The quantitative estimate of drug-likeness (QED) is 0.867. The van der Waals surface area contributed by atoms with Crippen LogP contribution in [-0.2, 0) is 6.42 Å². The molecule has 4 heteroatoms. The van der Waals surface area contributed by atoms with Crippen molar-refractivity contribution in [1.82, 2.24) is 4.98 Å². The zero-order valence-corrected chi connectivity index (χ0v) is 10.8. The molecule has 0 atom stereocenters. The molecule has 0 saturated heterocycles. The Labute approximate surface area is 117 Å². The van der Waals surface area contributed by atoms with E-state index in [2.05, 4.69) is 16.8 Å². The molecule has 0 bridgehead atoms. The Morgan fingerprint density at radius 3 is 2.90 bits per heavy atom. The number of aliphatic hydroxyl groups is 1. The zero-order valence-electron chi connectivity index (χ0n) is 10.8. The van der Waals surface area contributed by atoms with E-state index in [-0.39, 0.29) is 6.61 Å². The van der Waals surface area contributed by atoms with Gasteiger partial charge in [-0.05, 0) is 24.3 Å². The summed E-state index contributed by atoms with van der Waals surface area (Å²) in [5.74, 6) is 5.13. The topological polar surface area (TPSA) is 42.4 Å². The number of rotatable bonds is 4. The molecule has 2 rings (SSSR count). The molecule has 0 radical (unpaired) electrons. The van der Waals surface area contributed by atoms with Gasteiger partial charge in [-0.25, -0.2) is 4.39 Å². The summed E-state index contributed by atoms with van der Waals surface area (Å²) in [6, 6.07) is 9.92. The fourth-order valence-corrected chi connectivity index (χ4v) is 1.68. The Kier molecular flexibility index (Phi) is 5.10. The molecular formula is C16H14FNO2. The van der Waals surface area contributed by atoms with Crippen molar-refractivity contribution in [3.8, 4) is 17.6 Å². The lowest BCUT2D eigenvalue weighted by Crippen LogP contribution is -2.03. The van der Waals surface area contributed by atoms with Gasteiger partial charge in [-0.1, -0.05) is 17.9 Å². The number of ether oxygens (including phenoxy) is 1. The number of halogens is 1. The highest BCUT2D eigenvalue weighted by Crippen LogP contribution is 2.16. The Hall–Kier alpha value is -2.38. The average molecular weight is 271 g/mol. The first-order valence-electron chi connectivity index (χ1n) is 6.21. The lowest BCUT2D eigenvalue weighted by molar-refractivity contribution is 0.318. The molecule has 1 aromatic heterocycles. The van der Waals surface area contributed by atoms with Gasteiger partial charge >= 0.3 is 0 Å². The normalized spacial score (nSPS) is 9.70. The van der Waals surface area contributed by atoms with Crippen LogP contribution in [0.25, 0.3) is 0 Å². The van der Waals surface area contributed by atoms with Gasteiger partial charge in [-0.15, -0.1) is 0 Å². The summed E-state index contributed by atoms with van der Waals surface area (Å²) >= 11 is 0. The molecule has 0 aliphatic carbocycles. The van der Waals surface area contributed by atoms with E-state index in [9.17, 15) is 4.39 Å². The maximum Gasteiger partial charge on any atom is 0.128 e. The molecule has 1 N–H and O–H groups in total. The summed E-state index contributed by atoms with van der Waals surface area (Å²) in [5.41, 5.74) is 1.40. The highest BCUT2D eigenvalue weighted by Gasteiger charge is 2.01. The summed E-state index contributed by atoms with van der Waals surface area (Å²) in [6.07, 6.45) is 2.37. The fourth-order valence-electron chi connectivity index (χ4n) is 1.68. The number of benzene rings is 1. The number of hydrogen-bond acceptors (Lipinski definition) is 3. The molecular weight excluding hydrogens is 257 g/mol. The van der Waals surface area contributed by atoms with Crippen molar-refractivity contribution in [1.29, 1.82) is 0 Å². The zero-order chi connectivity index (χ0) is 14.2. The van der Waals surface area contributed by atoms with Crippen LogP contribution < -0.4 is 4.74 Å². The smallest absolute Gasteiger partial charge is 0.128 e. The third-order valence-electron chi connectivity index (χ3n) is 2.54. The third kappa shape index (κ3) is 4.38. The number of pyridine rings is 1. The van der Waals surface area contributed by atoms with Crippen molar-refractivity contribution in [3.63, 3.8) is 0 Å². The number of aliphatic hydroxyl groups excluding tert-OH is 1. The Bertz CT molecular complexity index is 617. The minimum atomic E-state index is -0.414. The first kappa shape index (κ1) is 14.0. The molecule has 0 aliphatic heterocycles. The van der Waals surface area contributed by atoms with E-state index >= 15 is 0 Å². The van der Waals surface area contributed by atoms with Gasteiger partial charge in [-0.3, -0.25) is 4.98 Å². The Morgan fingerprint density at radius 2 is 2.15 bits per heavy atom. The molecule has 2 aromatic rings. The minimum Gasteiger partial charge on any atom is -0.493 e. The van der Waals surface area contributed by atoms with Gasteiger partial charge in [0.05, 0.1) is 6.61 Å². The molecule has 0 saturated carbocycles. The first-order valence-corrected chi connectivity index (χ1v) is 6.21. The van der Waals surface area contributed by atoms with Crippen LogP contribution in [0.2, 0.25) is 0 Å². The summed E-state index contributed by atoms with van der Waals surface area (Å²) in [7, 11) is 0. The number of hydrogen-bond donors (Lipinski definition) is 1. The second kappa shape index (κ2) is 7.27. The molecule has 1 aromatic carbocycles. The van der Waals surface area contributed by atoms with Crippen LogP contribution in [0, 0.1) is 17.7 Å². The maximum absolute atomic E-state index is 13.4. The van der Waals surface area contributed by atoms with Crippen LogP contribution in [0.5, 0.6) is 5.75 Å². The van der Waals surface area contributed by atoms with Gasteiger partial charge < -0.3 is 9.84 Å². The van der Waals surface area contributed by atoms with Crippen molar-refractivity contribution in [2.24, 2.45) is 0 Å². The van der Waals surface area contributed by atoms with Crippen LogP contribution in [-0.4, -0.2) is 23.3 Å². The van der Waals surface area contributed by atoms with E-state index < -0.39 is 5.82 Å². The highest BCUT2D eigenvalue weighted by atomic mass is 19.1. The summed E-state index contributed by atoms with van der Waals surface area (Å²) < 4.78 is 18.9. The van der Waals surface area contributed by atoms with Gasteiger partial charge in [-0.2, -0.15) is 0 Å². The second-order valence-corrected chi connectivity index (χ2v) is 4.06. The van der Waals surface area contributed by atoms with Crippen LogP contribution in [0.3, 0.4) is 0 Å². The predicted molar refractivity (Wildman–Crippen MR) is 73.8 cm³/mol. The standard InChI is InChI=1S/C16H14FNO2/c17-14-10-13(4-3-8-19)11-16(12-14)20-9-6-15-5-1-2-7-18-15/h1-2,5,7,10-12,19H,6,8-9H2. The summed E-state index contributed by atoms with van der Waals surface area (Å²) in [6.45, 7) is 0.152. The van der Waals surface area contributed by atoms with Crippen LogP contribution in [0.1, 0.15) is 11.3 Å². The van der Waals surface area contributed by atoms with Gasteiger partial charge in [0.25, 0.3) is 0 Å². The molecule has 3 nitrogen and oxygen atoms in total. The number of aromatic nitrogens is 1. The lowest BCUT2D eigenvalue weighted by Gasteiger charge is -2.06. The van der Waals surface area contributed by atoms with Crippen molar-refractivity contribution >= 4 is 0 Å². The third-order valence-corrected chi connectivity index (χ3v) is 2.54. The lowest BCUT2D eigenvalue weighted by atomic mass is 10.2. The summed E-state index contributed by atoms with van der Waals surface area (Å²) in [5, 5.41) is 8.63. The van der Waals surface area contributed by atoms with Crippen LogP contribution in [0.15, 0.2) is 42.6 Å². The van der Waals surface area contributed by atoms with E-state index in [4.69, 9.17) is 9.84 Å². The molecule has 0 amide bonds. The van der Waals surface area contributed by atoms with Gasteiger partial charge in [0.15, 0.2) is 0 Å². The second-order valence-electron chi connectivity index (χ2n) is 4.06. The molecule has 0 fully saturated rings. The van der Waals surface area contributed by atoms with Gasteiger partial charge in [0.1, 0.15) is 18.2 Å². The summed E-state index contributed by atoms with van der Waals surface area (Å²) in [4.78, 5) is 4.18. The van der Waals surface area contributed by atoms with E-state index in [1.165, 1.54) is 12.1 Å². The molecule has 0 spiro atoms. The largest absolute Gasteiger partial charge is 0.493 e. The number of nitrogens with zero attached hydrogens (tertiary/aromatic N) is 1. The molecule has 0 aliphatic rings. The van der Waals surface area contributed by atoms with Crippen LogP contribution >= 0.6 is 0 Å². The van der Waals surface area contributed by atoms with E-state index in [0.717, 1.165) is 5.69 Å². The van der Waals surface area contributed by atoms with Gasteiger partial charge in [0.2, 0.25) is 0 Å². The molecule has 20 heavy (non-hydrogen) atoms. The van der Waals surface area contributed by atoms with E-state index in [1.807, 2.05) is 18.2 Å². The van der Waals surface area contributed by atoms with Crippen molar-refractivity contribution in [2.75, 3.05) is 13.2 Å². The SMILES string of the molecule is OCC#Cc1cc(F)cc(OCCc2ccccn2)c1. The van der Waals surface area contributed by atoms with Gasteiger partial charge in [0, 0.05) is 29.9 Å². The van der Waals surface area contributed by atoms with Crippen molar-refractivity contribution in [2.45, 2.75) is 6.42 Å². The molecule has 102 valence electrons. The maximum atomic E-state index is 13.4. The first-order chi connectivity index (χ1) is 9.78.